The van der Waals surface area contributed by atoms with Crippen LogP contribution < -0.4 is 0 Å². The fourth-order valence-electron chi connectivity index (χ4n) is 1.51. The van der Waals surface area contributed by atoms with Crippen LogP contribution in [0.2, 0.25) is 0 Å². The molecule has 0 amide bonds. The number of aliphatic hydroxyl groups excluding tert-OH is 1. The van der Waals surface area contributed by atoms with E-state index in [9.17, 15) is 5.11 Å². The Bertz CT molecular complexity index is 309. The summed E-state index contributed by atoms with van der Waals surface area (Å²) in [5.74, 6) is 1.88. The quantitative estimate of drug-likeness (QED) is 0.747. The van der Waals surface area contributed by atoms with Gasteiger partial charge in [0.1, 0.15) is 0 Å². The molecule has 0 saturated carbocycles. The fourth-order valence-corrected chi connectivity index (χ4v) is 2.87. The maximum Gasteiger partial charge on any atom is 0.0798 e. The van der Waals surface area contributed by atoms with E-state index in [1.165, 1.54) is 11.3 Å². The van der Waals surface area contributed by atoms with Crippen LogP contribution in [0.1, 0.15) is 45.3 Å². The van der Waals surface area contributed by atoms with Crippen LogP contribution in [0.3, 0.4) is 0 Å². The predicted molar refractivity (Wildman–Crippen MR) is 71.9 cm³/mol. The van der Waals surface area contributed by atoms with Crippen LogP contribution in [-0.2, 0) is 0 Å². The van der Waals surface area contributed by atoms with Gasteiger partial charge in [-0.05, 0) is 36.1 Å². The molecule has 1 rings (SSSR count). The largest absolute Gasteiger partial charge is 0.388 e. The molecule has 1 nitrogen and oxygen atoms in total. The molecule has 0 bridgehead atoms. The van der Waals surface area contributed by atoms with Crippen molar-refractivity contribution in [3.8, 4) is 0 Å². The Kier molecular flexibility index (Phi) is 5.93. The lowest BCUT2D eigenvalue weighted by molar-refractivity contribution is 0.171. The van der Waals surface area contributed by atoms with E-state index in [-0.39, 0.29) is 6.10 Å². The van der Waals surface area contributed by atoms with Gasteiger partial charge in [0.25, 0.3) is 0 Å². The van der Waals surface area contributed by atoms with Crippen molar-refractivity contribution in [3.63, 3.8) is 0 Å². The van der Waals surface area contributed by atoms with Crippen molar-refractivity contribution < 1.29 is 5.11 Å². The topological polar surface area (TPSA) is 20.2 Å². The Balaban J connectivity index is 2.64. The summed E-state index contributed by atoms with van der Waals surface area (Å²) in [7, 11) is 0. The van der Waals surface area contributed by atoms with Gasteiger partial charge >= 0.3 is 0 Å². The van der Waals surface area contributed by atoms with E-state index < -0.39 is 0 Å². The van der Waals surface area contributed by atoms with E-state index in [2.05, 4.69) is 19.9 Å². The molecule has 90 valence electrons. The summed E-state index contributed by atoms with van der Waals surface area (Å²) in [6.07, 6.45) is 1.69. The third-order valence-corrected chi connectivity index (χ3v) is 3.74. The highest BCUT2D eigenvalue weighted by Gasteiger charge is 2.10. The highest BCUT2D eigenvalue weighted by atomic mass is 32.2. The van der Waals surface area contributed by atoms with Crippen molar-refractivity contribution in [3.05, 3.63) is 29.8 Å². The van der Waals surface area contributed by atoms with Crippen LogP contribution in [-0.4, -0.2) is 10.9 Å². The second kappa shape index (κ2) is 6.97. The molecule has 0 heterocycles. The van der Waals surface area contributed by atoms with Gasteiger partial charge in [-0.2, -0.15) is 0 Å². The molecule has 0 saturated heterocycles. The number of benzene rings is 1. The molecule has 0 aromatic heterocycles. The van der Waals surface area contributed by atoms with Gasteiger partial charge in [-0.1, -0.05) is 39.0 Å². The Morgan fingerprint density at radius 2 is 1.94 bits per heavy atom. The molecule has 1 aromatic carbocycles. The Morgan fingerprint density at radius 3 is 2.56 bits per heavy atom. The first-order chi connectivity index (χ1) is 7.65. The molecule has 0 unspecified atom stereocenters. The average molecular weight is 238 g/mol. The van der Waals surface area contributed by atoms with Crippen LogP contribution >= 0.6 is 11.8 Å². The summed E-state index contributed by atoms with van der Waals surface area (Å²) in [6, 6.07) is 8.19. The summed E-state index contributed by atoms with van der Waals surface area (Å²) in [5.41, 5.74) is 1.08. The van der Waals surface area contributed by atoms with Gasteiger partial charge in [-0.3, -0.25) is 0 Å². The average Bonchev–Trinajstić information content (AvgIpc) is 2.28. The molecule has 0 radical (unpaired) electrons. The normalized spacial score (nSPS) is 13.1. The first kappa shape index (κ1) is 13.6. The molecular weight excluding hydrogens is 216 g/mol. The SMILES string of the molecule is CC[C@@H](O)c1ccccc1SCCC(C)C. The Hall–Kier alpha value is -0.470. The van der Waals surface area contributed by atoms with E-state index >= 15 is 0 Å². The van der Waals surface area contributed by atoms with Crippen LogP contribution in [0.4, 0.5) is 0 Å². The minimum atomic E-state index is -0.317. The van der Waals surface area contributed by atoms with Gasteiger partial charge in [-0.25, -0.2) is 0 Å². The number of hydrogen-bond donors (Lipinski definition) is 1. The second-order valence-corrected chi connectivity index (χ2v) is 5.63. The van der Waals surface area contributed by atoms with E-state index in [1.54, 1.807) is 0 Å². The molecule has 2 heteroatoms. The van der Waals surface area contributed by atoms with Gasteiger partial charge in [0.2, 0.25) is 0 Å². The fraction of sp³-hybridized carbons (Fsp3) is 0.571. The minimum absolute atomic E-state index is 0.317. The number of aliphatic hydroxyl groups is 1. The number of rotatable bonds is 6. The highest BCUT2D eigenvalue weighted by molar-refractivity contribution is 7.99. The van der Waals surface area contributed by atoms with Crippen LogP contribution in [0.15, 0.2) is 29.2 Å². The summed E-state index contributed by atoms with van der Waals surface area (Å²) in [4.78, 5) is 1.23. The second-order valence-electron chi connectivity index (χ2n) is 4.49. The summed E-state index contributed by atoms with van der Waals surface area (Å²) in [5, 5.41) is 9.91. The van der Waals surface area contributed by atoms with Crippen molar-refractivity contribution in [1.82, 2.24) is 0 Å². The molecule has 0 spiro atoms. The summed E-state index contributed by atoms with van der Waals surface area (Å²) >= 11 is 1.86. The lowest BCUT2D eigenvalue weighted by Gasteiger charge is -2.13. The molecular formula is C14H22OS. The van der Waals surface area contributed by atoms with E-state index in [4.69, 9.17) is 0 Å². The van der Waals surface area contributed by atoms with Crippen molar-refractivity contribution in [2.75, 3.05) is 5.75 Å². The first-order valence-corrected chi connectivity index (χ1v) is 7.03. The zero-order valence-electron chi connectivity index (χ0n) is 10.4. The summed E-state index contributed by atoms with van der Waals surface area (Å²) in [6.45, 7) is 6.50. The molecule has 1 N–H and O–H groups in total. The maximum absolute atomic E-state index is 9.91. The maximum atomic E-state index is 9.91. The van der Waals surface area contributed by atoms with Crippen molar-refractivity contribution in [2.45, 2.75) is 44.6 Å². The Morgan fingerprint density at radius 1 is 1.25 bits per heavy atom. The highest BCUT2D eigenvalue weighted by Crippen LogP contribution is 2.29. The van der Waals surface area contributed by atoms with Gasteiger partial charge < -0.3 is 5.11 Å². The molecule has 1 aromatic rings. The van der Waals surface area contributed by atoms with Crippen LogP contribution in [0, 0.1) is 5.92 Å². The lowest BCUT2D eigenvalue weighted by Crippen LogP contribution is -1.98. The molecule has 0 aliphatic carbocycles. The minimum Gasteiger partial charge on any atom is -0.388 e. The standard InChI is InChI=1S/C14H22OS/c1-4-13(15)12-7-5-6-8-14(12)16-10-9-11(2)3/h5-8,11,13,15H,4,9-10H2,1-3H3/t13-/m1/s1. The van der Waals surface area contributed by atoms with Crippen LogP contribution in [0.25, 0.3) is 0 Å². The number of thioether (sulfide) groups is 1. The number of hydrogen-bond acceptors (Lipinski definition) is 2. The monoisotopic (exact) mass is 238 g/mol. The molecule has 16 heavy (non-hydrogen) atoms. The molecule has 0 fully saturated rings. The van der Waals surface area contributed by atoms with Gasteiger partial charge in [0.15, 0.2) is 0 Å². The van der Waals surface area contributed by atoms with Crippen molar-refractivity contribution in [2.24, 2.45) is 5.92 Å². The lowest BCUT2D eigenvalue weighted by atomic mass is 10.1. The molecule has 1 atom stereocenters. The van der Waals surface area contributed by atoms with Crippen molar-refractivity contribution in [1.29, 1.82) is 0 Å². The zero-order valence-corrected chi connectivity index (χ0v) is 11.3. The molecule has 0 aliphatic heterocycles. The Labute approximate surface area is 103 Å². The van der Waals surface area contributed by atoms with Gasteiger partial charge in [0.05, 0.1) is 6.10 Å². The first-order valence-electron chi connectivity index (χ1n) is 6.05. The third-order valence-electron chi connectivity index (χ3n) is 2.62. The predicted octanol–water partition coefficient (Wildman–Crippen LogP) is 4.27. The summed E-state index contributed by atoms with van der Waals surface area (Å²) < 4.78 is 0. The van der Waals surface area contributed by atoms with E-state index in [1.807, 2.05) is 36.9 Å². The zero-order chi connectivity index (χ0) is 12.0. The smallest absolute Gasteiger partial charge is 0.0798 e. The molecule has 0 aliphatic rings. The van der Waals surface area contributed by atoms with E-state index in [0.29, 0.717) is 0 Å². The van der Waals surface area contributed by atoms with Crippen LogP contribution in [0.5, 0.6) is 0 Å². The van der Waals surface area contributed by atoms with Gasteiger partial charge in [0, 0.05) is 4.90 Å². The van der Waals surface area contributed by atoms with Crippen molar-refractivity contribution >= 4 is 11.8 Å². The van der Waals surface area contributed by atoms with E-state index in [0.717, 1.165) is 23.7 Å². The van der Waals surface area contributed by atoms with Gasteiger partial charge in [-0.15, -0.1) is 11.8 Å². The third kappa shape index (κ3) is 4.18.